The van der Waals surface area contributed by atoms with Gasteiger partial charge in [0.2, 0.25) is 5.91 Å². The van der Waals surface area contributed by atoms with Crippen LogP contribution in [0.1, 0.15) is 18.4 Å². The molecule has 0 bridgehead atoms. The first-order chi connectivity index (χ1) is 9.92. The van der Waals surface area contributed by atoms with Gasteiger partial charge in [-0.25, -0.2) is 0 Å². The van der Waals surface area contributed by atoms with Crippen LogP contribution in [0.25, 0.3) is 0 Å². The zero-order valence-electron chi connectivity index (χ0n) is 12.2. The van der Waals surface area contributed by atoms with E-state index >= 15 is 0 Å². The molecule has 0 aromatic heterocycles. The molecule has 0 fully saturated rings. The molecule has 0 atom stereocenters. The van der Waals surface area contributed by atoms with Crippen molar-refractivity contribution in [2.75, 3.05) is 20.2 Å². The number of ether oxygens (including phenoxy) is 1. The summed E-state index contributed by atoms with van der Waals surface area (Å²) in [7, 11) is 1.80. The Morgan fingerprint density at radius 1 is 1.27 bits per heavy atom. The lowest BCUT2D eigenvalue weighted by Gasteiger charge is -2.13. The fourth-order valence-electron chi connectivity index (χ4n) is 1.66. The van der Waals surface area contributed by atoms with E-state index in [2.05, 4.69) is 10.6 Å². The smallest absolute Gasteiger partial charge is 0.422 e. The van der Waals surface area contributed by atoms with E-state index in [4.69, 9.17) is 4.74 Å². The molecule has 1 amide bonds. The molecular weight excluding hydrogens is 321 g/mol. The van der Waals surface area contributed by atoms with E-state index < -0.39 is 12.8 Å². The van der Waals surface area contributed by atoms with Crippen LogP contribution in [0.3, 0.4) is 0 Å². The van der Waals surface area contributed by atoms with Crippen LogP contribution in [-0.2, 0) is 11.3 Å². The third-order valence-electron chi connectivity index (χ3n) is 2.67. The highest BCUT2D eigenvalue weighted by atomic mass is 35.5. The lowest BCUT2D eigenvalue weighted by atomic mass is 10.2. The molecule has 1 aromatic rings. The van der Waals surface area contributed by atoms with Crippen LogP contribution in [0.15, 0.2) is 24.3 Å². The fourth-order valence-corrected chi connectivity index (χ4v) is 1.66. The minimum atomic E-state index is -4.39. The lowest BCUT2D eigenvalue weighted by Crippen LogP contribution is -2.24. The van der Waals surface area contributed by atoms with E-state index in [0.29, 0.717) is 18.4 Å². The highest BCUT2D eigenvalue weighted by molar-refractivity contribution is 5.85. The molecule has 126 valence electrons. The summed E-state index contributed by atoms with van der Waals surface area (Å²) in [6.45, 7) is -0.467. The summed E-state index contributed by atoms with van der Waals surface area (Å²) >= 11 is 0. The zero-order chi connectivity index (χ0) is 15.7. The number of carbonyl (C=O) groups is 1. The van der Waals surface area contributed by atoms with Gasteiger partial charge in [0.15, 0.2) is 6.61 Å². The maximum atomic E-state index is 12.2. The largest absolute Gasteiger partial charge is 0.484 e. The molecule has 1 aromatic carbocycles. The summed E-state index contributed by atoms with van der Waals surface area (Å²) in [6, 6.07) is 6.35. The number of benzene rings is 1. The number of para-hydroxylation sites is 1. The van der Waals surface area contributed by atoms with Gasteiger partial charge in [0, 0.05) is 18.5 Å². The van der Waals surface area contributed by atoms with Gasteiger partial charge < -0.3 is 15.4 Å². The third-order valence-corrected chi connectivity index (χ3v) is 2.67. The fraction of sp³-hybridized carbons (Fsp3) is 0.500. The topological polar surface area (TPSA) is 50.4 Å². The SMILES string of the molecule is CNCCCC(=O)NCc1ccccc1OCC(F)(F)F.Cl. The van der Waals surface area contributed by atoms with Gasteiger partial charge in [-0.2, -0.15) is 13.2 Å². The average Bonchev–Trinajstić information content (AvgIpc) is 2.43. The standard InChI is InChI=1S/C14H19F3N2O2.ClH/c1-18-8-4-7-13(20)19-9-11-5-2-3-6-12(11)21-10-14(15,16)17;/h2-3,5-6,18H,4,7-10H2,1H3,(H,19,20);1H. The van der Waals surface area contributed by atoms with Gasteiger partial charge in [-0.1, -0.05) is 18.2 Å². The van der Waals surface area contributed by atoms with Crippen molar-refractivity contribution in [2.24, 2.45) is 0 Å². The lowest BCUT2D eigenvalue weighted by molar-refractivity contribution is -0.153. The number of halogens is 4. The maximum Gasteiger partial charge on any atom is 0.422 e. The van der Waals surface area contributed by atoms with Gasteiger partial charge in [0.05, 0.1) is 0 Å². The van der Waals surface area contributed by atoms with Crippen LogP contribution in [0.2, 0.25) is 0 Å². The van der Waals surface area contributed by atoms with E-state index in [-0.39, 0.29) is 30.6 Å². The molecule has 2 N–H and O–H groups in total. The Morgan fingerprint density at radius 3 is 2.59 bits per heavy atom. The molecule has 0 radical (unpaired) electrons. The molecule has 1 rings (SSSR count). The van der Waals surface area contributed by atoms with Crippen molar-refractivity contribution in [1.82, 2.24) is 10.6 Å². The zero-order valence-corrected chi connectivity index (χ0v) is 13.0. The summed E-state index contributed by atoms with van der Waals surface area (Å²) < 4.78 is 41.2. The van der Waals surface area contributed by atoms with Gasteiger partial charge in [0.25, 0.3) is 0 Å². The molecule has 0 aliphatic heterocycles. The summed E-state index contributed by atoms with van der Waals surface area (Å²) in [6.07, 6.45) is -3.31. The predicted octanol–water partition coefficient (Wildman–Crippen LogP) is 2.67. The second kappa shape index (κ2) is 10.3. The molecule has 0 unspecified atom stereocenters. The summed E-state index contributed by atoms with van der Waals surface area (Å²) in [5.74, 6) is -0.0128. The van der Waals surface area contributed by atoms with Crippen molar-refractivity contribution in [1.29, 1.82) is 0 Å². The number of carbonyl (C=O) groups excluding carboxylic acids is 1. The number of nitrogens with one attached hydrogen (secondary N) is 2. The summed E-state index contributed by atoms with van der Waals surface area (Å²) in [5, 5.41) is 5.60. The molecule has 0 aliphatic rings. The first-order valence-corrected chi connectivity index (χ1v) is 6.61. The quantitative estimate of drug-likeness (QED) is 0.715. The van der Waals surface area contributed by atoms with E-state index in [0.717, 1.165) is 6.54 Å². The first kappa shape index (κ1) is 20.5. The van der Waals surface area contributed by atoms with Gasteiger partial charge in [0.1, 0.15) is 5.75 Å². The van der Waals surface area contributed by atoms with Crippen LogP contribution >= 0.6 is 12.4 Å². The summed E-state index contributed by atoms with van der Waals surface area (Å²) in [4.78, 5) is 11.6. The minimum Gasteiger partial charge on any atom is -0.484 e. The Labute approximate surface area is 133 Å². The Balaban J connectivity index is 0.00000441. The Kier molecular flexibility index (Phi) is 9.60. The molecule has 22 heavy (non-hydrogen) atoms. The molecular formula is C14H20ClF3N2O2. The van der Waals surface area contributed by atoms with Crippen LogP contribution in [0.4, 0.5) is 13.2 Å². The van der Waals surface area contributed by atoms with Crippen molar-refractivity contribution in [2.45, 2.75) is 25.6 Å². The van der Waals surface area contributed by atoms with Crippen LogP contribution in [-0.4, -0.2) is 32.3 Å². The van der Waals surface area contributed by atoms with Gasteiger partial charge >= 0.3 is 6.18 Å². The van der Waals surface area contributed by atoms with E-state index in [1.54, 1.807) is 25.2 Å². The van der Waals surface area contributed by atoms with Crippen molar-refractivity contribution in [3.05, 3.63) is 29.8 Å². The van der Waals surface area contributed by atoms with Crippen LogP contribution < -0.4 is 15.4 Å². The normalized spacial score (nSPS) is 10.7. The number of hydrogen-bond donors (Lipinski definition) is 2. The van der Waals surface area contributed by atoms with Gasteiger partial charge in [-0.3, -0.25) is 4.79 Å². The molecule has 4 nitrogen and oxygen atoms in total. The molecule has 0 aliphatic carbocycles. The van der Waals surface area contributed by atoms with Gasteiger partial charge in [-0.05, 0) is 26.1 Å². The maximum absolute atomic E-state index is 12.2. The molecule has 0 heterocycles. The Morgan fingerprint density at radius 2 is 1.95 bits per heavy atom. The van der Waals surface area contributed by atoms with Crippen molar-refractivity contribution >= 4 is 18.3 Å². The molecule has 0 saturated heterocycles. The number of hydrogen-bond acceptors (Lipinski definition) is 3. The second-order valence-corrected chi connectivity index (χ2v) is 4.50. The van der Waals surface area contributed by atoms with Crippen molar-refractivity contribution < 1.29 is 22.7 Å². The second-order valence-electron chi connectivity index (χ2n) is 4.50. The highest BCUT2D eigenvalue weighted by Crippen LogP contribution is 2.22. The van der Waals surface area contributed by atoms with Crippen molar-refractivity contribution in [3.8, 4) is 5.75 Å². The molecule has 0 saturated carbocycles. The average molecular weight is 341 g/mol. The molecule has 0 spiro atoms. The van der Waals surface area contributed by atoms with E-state index in [9.17, 15) is 18.0 Å². The Bertz CT molecular complexity index is 456. The van der Waals surface area contributed by atoms with Crippen LogP contribution in [0, 0.1) is 0 Å². The van der Waals surface area contributed by atoms with Gasteiger partial charge in [-0.15, -0.1) is 12.4 Å². The monoisotopic (exact) mass is 340 g/mol. The third kappa shape index (κ3) is 8.74. The minimum absolute atomic E-state index is 0. The number of alkyl halides is 3. The predicted molar refractivity (Wildman–Crippen MR) is 80.2 cm³/mol. The van der Waals surface area contributed by atoms with E-state index in [1.807, 2.05) is 0 Å². The Hall–Kier alpha value is -1.47. The van der Waals surface area contributed by atoms with Crippen molar-refractivity contribution in [3.63, 3.8) is 0 Å². The van der Waals surface area contributed by atoms with Crippen LogP contribution in [0.5, 0.6) is 5.75 Å². The first-order valence-electron chi connectivity index (χ1n) is 6.61. The van der Waals surface area contributed by atoms with E-state index in [1.165, 1.54) is 6.07 Å². The summed E-state index contributed by atoms with van der Waals surface area (Å²) in [5.41, 5.74) is 0.517. The highest BCUT2D eigenvalue weighted by Gasteiger charge is 2.28. The molecule has 8 heteroatoms. The number of rotatable bonds is 8. The number of amides is 1.